The number of nitrogens with zero attached hydrogens (tertiary/aromatic N) is 1. The first kappa shape index (κ1) is 14.4. The second-order valence-corrected chi connectivity index (χ2v) is 5.51. The van der Waals surface area contributed by atoms with E-state index in [9.17, 15) is 8.42 Å². The Morgan fingerprint density at radius 2 is 1.67 bits per heavy atom. The van der Waals surface area contributed by atoms with Crippen molar-refractivity contribution >= 4 is 10.0 Å². The minimum absolute atomic E-state index is 0.225. The van der Waals surface area contributed by atoms with Crippen molar-refractivity contribution in [2.45, 2.75) is 26.2 Å². The Kier molecular flexibility index (Phi) is 7.34. The lowest BCUT2D eigenvalue weighted by Crippen LogP contribution is -2.33. The minimum atomic E-state index is -3.13. The molecule has 0 saturated carbocycles. The minimum Gasteiger partial charge on any atom is -0.212 e. The van der Waals surface area contributed by atoms with Crippen LogP contribution < -0.4 is 0 Å². The van der Waals surface area contributed by atoms with E-state index in [0.29, 0.717) is 13.1 Å². The van der Waals surface area contributed by atoms with Crippen molar-refractivity contribution < 1.29 is 8.42 Å². The molecule has 4 heteroatoms. The van der Waals surface area contributed by atoms with E-state index >= 15 is 0 Å². The van der Waals surface area contributed by atoms with Gasteiger partial charge >= 0.3 is 0 Å². The summed E-state index contributed by atoms with van der Waals surface area (Å²) < 4.78 is 25.0. The molecule has 0 aromatic rings. The van der Waals surface area contributed by atoms with Crippen LogP contribution in [0.2, 0.25) is 0 Å². The van der Waals surface area contributed by atoms with Crippen molar-refractivity contribution in [3.05, 3.63) is 25.3 Å². The Morgan fingerprint density at radius 3 is 2.07 bits per heavy atom. The zero-order chi connectivity index (χ0) is 11.7. The fourth-order valence-corrected chi connectivity index (χ4v) is 2.75. The molecule has 0 heterocycles. The lowest BCUT2D eigenvalue weighted by atomic mass is 10.3. The smallest absolute Gasteiger partial charge is 0.212 e. The summed E-state index contributed by atoms with van der Waals surface area (Å²) in [6.45, 7) is 9.88. The molecule has 0 aliphatic rings. The van der Waals surface area contributed by atoms with E-state index in [-0.39, 0.29) is 5.75 Å². The highest BCUT2D eigenvalue weighted by Gasteiger charge is 2.18. The van der Waals surface area contributed by atoms with E-state index in [2.05, 4.69) is 20.1 Å². The van der Waals surface area contributed by atoms with Crippen LogP contribution in [0.1, 0.15) is 26.2 Å². The normalized spacial score (nSPS) is 11.6. The molecule has 15 heavy (non-hydrogen) atoms. The van der Waals surface area contributed by atoms with Gasteiger partial charge in [0.15, 0.2) is 0 Å². The average Bonchev–Trinajstić information content (AvgIpc) is 2.18. The molecule has 0 N–H and O–H groups in total. The highest BCUT2D eigenvalue weighted by molar-refractivity contribution is 7.89. The van der Waals surface area contributed by atoms with Crippen LogP contribution in [0.25, 0.3) is 0 Å². The largest absolute Gasteiger partial charge is 0.214 e. The molecule has 0 unspecified atom stereocenters. The van der Waals surface area contributed by atoms with Crippen molar-refractivity contribution in [2.75, 3.05) is 18.8 Å². The molecular weight excluding hydrogens is 210 g/mol. The van der Waals surface area contributed by atoms with E-state index in [1.54, 1.807) is 12.2 Å². The summed E-state index contributed by atoms with van der Waals surface area (Å²) in [5.41, 5.74) is 0. The highest BCUT2D eigenvalue weighted by atomic mass is 32.2. The monoisotopic (exact) mass is 231 g/mol. The summed E-state index contributed by atoms with van der Waals surface area (Å²) in [4.78, 5) is 0. The van der Waals surface area contributed by atoms with Crippen molar-refractivity contribution in [1.29, 1.82) is 0 Å². The Morgan fingerprint density at radius 1 is 1.13 bits per heavy atom. The van der Waals surface area contributed by atoms with Gasteiger partial charge in [-0.05, 0) is 6.42 Å². The summed E-state index contributed by atoms with van der Waals surface area (Å²) in [7, 11) is -3.13. The van der Waals surface area contributed by atoms with Gasteiger partial charge in [0.25, 0.3) is 0 Å². The lowest BCUT2D eigenvalue weighted by Gasteiger charge is -2.18. The predicted molar refractivity (Wildman–Crippen MR) is 65.3 cm³/mol. The van der Waals surface area contributed by atoms with Crippen molar-refractivity contribution in [3.63, 3.8) is 0 Å². The quantitative estimate of drug-likeness (QED) is 0.450. The highest BCUT2D eigenvalue weighted by Crippen LogP contribution is 2.06. The van der Waals surface area contributed by atoms with Gasteiger partial charge in [0.1, 0.15) is 0 Å². The zero-order valence-electron chi connectivity index (χ0n) is 9.48. The number of hydrogen-bond donors (Lipinski definition) is 0. The molecular formula is C11H21NO2S. The standard InChI is InChI=1S/C11H21NO2S/c1-4-7-8-11-15(13,14)12(9-5-2)10-6-3/h5-6H,2-4,7-11H2,1H3. The Hall–Kier alpha value is -0.610. The molecule has 0 aromatic carbocycles. The van der Waals surface area contributed by atoms with Crippen LogP contribution in [0.5, 0.6) is 0 Å². The fraction of sp³-hybridized carbons (Fsp3) is 0.636. The summed E-state index contributed by atoms with van der Waals surface area (Å²) in [6.07, 6.45) is 5.90. The maximum atomic E-state index is 11.8. The zero-order valence-corrected chi connectivity index (χ0v) is 10.3. The first-order chi connectivity index (χ1) is 7.08. The summed E-state index contributed by atoms with van der Waals surface area (Å²) >= 11 is 0. The molecule has 0 aromatic heterocycles. The molecule has 88 valence electrons. The van der Waals surface area contributed by atoms with Gasteiger partial charge in [-0.3, -0.25) is 0 Å². The van der Waals surface area contributed by atoms with Crippen LogP contribution in [-0.2, 0) is 10.0 Å². The number of unbranched alkanes of at least 4 members (excludes halogenated alkanes) is 2. The number of rotatable bonds is 9. The maximum absolute atomic E-state index is 11.8. The molecule has 0 fully saturated rings. The van der Waals surface area contributed by atoms with Crippen LogP contribution in [0, 0.1) is 0 Å². The van der Waals surface area contributed by atoms with Gasteiger partial charge in [-0.25, -0.2) is 8.42 Å². The molecule has 0 aliphatic carbocycles. The van der Waals surface area contributed by atoms with Crippen LogP contribution >= 0.6 is 0 Å². The third-order valence-electron chi connectivity index (χ3n) is 2.06. The van der Waals surface area contributed by atoms with Gasteiger partial charge in [-0.1, -0.05) is 31.9 Å². The van der Waals surface area contributed by atoms with Crippen LogP contribution in [0.4, 0.5) is 0 Å². The lowest BCUT2D eigenvalue weighted by molar-refractivity contribution is 0.472. The average molecular weight is 231 g/mol. The molecule has 0 atom stereocenters. The van der Waals surface area contributed by atoms with Gasteiger partial charge in [0.2, 0.25) is 10.0 Å². The van der Waals surface area contributed by atoms with Gasteiger partial charge in [0, 0.05) is 13.1 Å². The van der Waals surface area contributed by atoms with Crippen LogP contribution in [-0.4, -0.2) is 31.6 Å². The van der Waals surface area contributed by atoms with Crippen molar-refractivity contribution in [2.24, 2.45) is 0 Å². The van der Waals surface area contributed by atoms with Gasteiger partial charge in [-0.15, -0.1) is 13.2 Å². The molecule has 0 spiro atoms. The topological polar surface area (TPSA) is 37.4 Å². The first-order valence-corrected chi connectivity index (χ1v) is 6.89. The molecule has 0 amide bonds. The Labute approximate surface area is 93.5 Å². The van der Waals surface area contributed by atoms with Crippen molar-refractivity contribution in [3.8, 4) is 0 Å². The van der Waals surface area contributed by atoms with Gasteiger partial charge in [0.05, 0.1) is 5.75 Å². The molecule has 3 nitrogen and oxygen atoms in total. The van der Waals surface area contributed by atoms with E-state index in [4.69, 9.17) is 0 Å². The number of sulfonamides is 1. The number of hydrogen-bond acceptors (Lipinski definition) is 2. The van der Waals surface area contributed by atoms with Crippen LogP contribution in [0.3, 0.4) is 0 Å². The van der Waals surface area contributed by atoms with Crippen LogP contribution in [0.15, 0.2) is 25.3 Å². The first-order valence-electron chi connectivity index (χ1n) is 5.28. The molecule has 0 saturated heterocycles. The van der Waals surface area contributed by atoms with E-state index in [1.807, 2.05) is 0 Å². The van der Waals surface area contributed by atoms with Crippen molar-refractivity contribution in [1.82, 2.24) is 4.31 Å². The summed E-state index contributed by atoms with van der Waals surface area (Å²) in [6, 6.07) is 0. The van der Waals surface area contributed by atoms with E-state index in [1.165, 1.54) is 4.31 Å². The van der Waals surface area contributed by atoms with E-state index in [0.717, 1.165) is 19.3 Å². The van der Waals surface area contributed by atoms with Gasteiger partial charge < -0.3 is 0 Å². The molecule has 0 bridgehead atoms. The van der Waals surface area contributed by atoms with E-state index < -0.39 is 10.0 Å². The maximum Gasteiger partial charge on any atom is 0.214 e. The Balaban J connectivity index is 4.34. The third kappa shape index (κ3) is 5.74. The summed E-state index contributed by atoms with van der Waals surface area (Å²) in [5, 5.41) is 0. The second-order valence-electron chi connectivity index (χ2n) is 3.42. The predicted octanol–water partition coefficient (Wildman–Crippen LogP) is 2.18. The molecule has 0 radical (unpaired) electrons. The molecule has 0 aliphatic heterocycles. The summed E-state index contributed by atoms with van der Waals surface area (Å²) in [5.74, 6) is 0.225. The fourth-order valence-electron chi connectivity index (χ4n) is 1.25. The third-order valence-corrected chi connectivity index (χ3v) is 3.95. The second kappa shape index (κ2) is 7.65. The van der Waals surface area contributed by atoms with Gasteiger partial charge in [-0.2, -0.15) is 4.31 Å². The SMILES string of the molecule is C=CCN(CC=C)S(=O)(=O)CCCCC. The Bertz CT molecular complexity index is 273. The molecule has 0 rings (SSSR count).